The summed E-state index contributed by atoms with van der Waals surface area (Å²) in [6, 6.07) is 8.83. The van der Waals surface area contributed by atoms with E-state index in [1.807, 2.05) is 0 Å². The molecule has 0 aliphatic carbocycles. The zero-order valence-electron chi connectivity index (χ0n) is 12.9. The lowest BCUT2D eigenvalue weighted by Crippen LogP contribution is -2.28. The molecule has 0 bridgehead atoms. The van der Waals surface area contributed by atoms with Crippen molar-refractivity contribution in [3.63, 3.8) is 0 Å². The molecule has 3 aromatic rings. The van der Waals surface area contributed by atoms with Crippen LogP contribution in [0.3, 0.4) is 0 Å². The molecular formula is C17H16N2O4S. The summed E-state index contributed by atoms with van der Waals surface area (Å²) in [5.74, 6) is 0.387. The van der Waals surface area contributed by atoms with Crippen molar-refractivity contribution in [1.82, 2.24) is 10.3 Å². The number of aromatic nitrogens is 1. The molecule has 0 fully saturated rings. The van der Waals surface area contributed by atoms with Crippen molar-refractivity contribution < 1.29 is 19.1 Å². The van der Waals surface area contributed by atoms with Gasteiger partial charge in [-0.15, -0.1) is 11.3 Å². The molecule has 1 unspecified atom stereocenters. The SMILES string of the molecule is COc1ccc(C(O)CNC(=O)c2csc(-c3ccoc3)n2)cc1. The van der Waals surface area contributed by atoms with E-state index in [4.69, 9.17) is 9.15 Å². The number of furan rings is 1. The minimum atomic E-state index is -0.799. The largest absolute Gasteiger partial charge is 0.497 e. The van der Waals surface area contributed by atoms with Gasteiger partial charge < -0.3 is 19.6 Å². The lowest BCUT2D eigenvalue weighted by molar-refractivity contribution is 0.0912. The quantitative estimate of drug-likeness (QED) is 0.718. The number of hydrogen-bond acceptors (Lipinski definition) is 6. The van der Waals surface area contributed by atoms with E-state index in [2.05, 4.69) is 10.3 Å². The van der Waals surface area contributed by atoms with Gasteiger partial charge in [0, 0.05) is 17.5 Å². The highest BCUT2D eigenvalue weighted by Gasteiger charge is 2.14. The van der Waals surface area contributed by atoms with E-state index in [0.717, 1.165) is 5.56 Å². The van der Waals surface area contributed by atoms with Crippen LogP contribution >= 0.6 is 11.3 Å². The summed E-state index contributed by atoms with van der Waals surface area (Å²) in [5.41, 5.74) is 1.85. The average Bonchev–Trinajstić information content (AvgIpc) is 3.30. The number of hydrogen-bond donors (Lipinski definition) is 2. The van der Waals surface area contributed by atoms with E-state index in [0.29, 0.717) is 22.0 Å². The number of nitrogens with zero attached hydrogens (tertiary/aromatic N) is 1. The van der Waals surface area contributed by atoms with E-state index >= 15 is 0 Å². The molecule has 0 saturated heterocycles. The molecule has 6 nitrogen and oxygen atoms in total. The normalized spacial score (nSPS) is 11.9. The number of thiazole rings is 1. The number of benzene rings is 1. The molecule has 3 rings (SSSR count). The summed E-state index contributed by atoms with van der Waals surface area (Å²) < 4.78 is 10.1. The summed E-state index contributed by atoms with van der Waals surface area (Å²) in [7, 11) is 1.58. The minimum absolute atomic E-state index is 0.101. The van der Waals surface area contributed by atoms with Gasteiger partial charge >= 0.3 is 0 Å². The Labute approximate surface area is 142 Å². The molecule has 24 heavy (non-hydrogen) atoms. The van der Waals surface area contributed by atoms with Gasteiger partial charge in [-0.1, -0.05) is 12.1 Å². The van der Waals surface area contributed by atoms with Gasteiger partial charge in [0.2, 0.25) is 0 Å². The van der Waals surface area contributed by atoms with E-state index in [1.54, 1.807) is 55.3 Å². The number of carbonyl (C=O) groups is 1. The standard InChI is InChI=1S/C17H16N2O4S/c1-22-13-4-2-11(3-5-13)15(20)8-18-16(21)14-10-24-17(19-14)12-6-7-23-9-12/h2-7,9-10,15,20H,8H2,1H3,(H,18,21). The molecule has 2 N–H and O–H groups in total. The summed E-state index contributed by atoms with van der Waals surface area (Å²) in [6.07, 6.45) is 2.34. The third-order valence-electron chi connectivity index (χ3n) is 3.46. The molecule has 0 aliphatic heterocycles. The first-order chi connectivity index (χ1) is 11.7. The van der Waals surface area contributed by atoms with Crippen LogP contribution < -0.4 is 10.1 Å². The van der Waals surface area contributed by atoms with Crippen LogP contribution in [0.1, 0.15) is 22.2 Å². The molecule has 0 saturated carbocycles. The lowest BCUT2D eigenvalue weighted by atomic mass is 10.1. The smallest absolute Gasteiger partial charge is 0.270 e. The number of ether oxygens (including phenoxy) is 1. The topological polar surface area (TPSA) is 84.6 Å². The first kappa shape index (κ1) is 16.2. The average molecular weight is 344 g/mol. The number of carbonyl (C=O) groups excluding carboxylic acids is 1. The molecule has 124 valence electrons. The van der Waals surface area contributed by atoms with E-state index in [9.17, 15) is 9.90 Å². The third kappa shape index (κ3) is 3.64. The highest BCUT2D eigenvalue weighted by atomic mass is 32.1. The van der Waals surface area contributed by atoms with Crippen molar-refractivity contribution >= 4 is 17.2 Å². The zero-order valence-corrected chi connectivity index (χ0v) is 13.7. The lowest BCUT2D eigenvalue weighted by Gasteiger charge is -2.12. The number of amides is 1. The summed E-state index contributed by atoms with van der Waals surface area (Å²) in [4.78, 5) is 16.4. The van der Waals surface area contributed by atoms with Gasteiger partial charge in [-0.25, -0.2) is 4.98 Å². The predicted molar refractivity (Wildman–Crippen MR) is 90.1 cm³/mol. The van der Waals surface area contributed by atoms with Crippen molar-refractivity contribution in [3.8, 4) is 16.3 Å². The Morgan fingerprint density at radius 3 is 2.83 bits per heavy atom. The number of rotatable bonds is 6. The number of methoxy groups -OCH3 is 1. The van der Waals surface area contributed by atoms with Crippen LogP contribution in [0.2, 0.25) is 0 Å². The third-order valence-corrected chi connectivity index (χ3v) is 4.35. The van der Waals surface area contributed by atoms with Gasteiger partial charge in [-0.3, -0.25) is 4.79 Å². The Balaban J connectivity index is 1.58. The summed E-state index contributed by atoms with van der Waals surface area (Å²) >= 11 is 1.36. The molecule has 0 radical (unpaired) electrons. The Morgan fingerprint density at radius 1 is 1.38 bits per heavy atom. The first-order valence-corrected chi connectivity index (χ1v) is 8.13. The van der Waals surface area contributed by atoms with Crippen molar-refractivity contribution in [2.45, 2.75) is 6.10 Å². The molecule has 2 heterocycles. The maximum Gasteiger partial charge on any atom is 0.270 e. The molecule has 1 amide bonds. The molecule has 0 aliphatic rings. The summed E-state index contributed by atoms with van der Waals surface area (Å²) in [5, 5.41) is 15.2. The van der Waals surface area contributed by atoms with E-state index in [-0.39, 0.29) is 12.5 Å². The predicted octanol–water partition coefficient (Wildman–Crippen LogP) is 2.88. The highest BCUT2D eigenvalue weighted by molar-refractivity contribution is 7.13. The molecule has 1 atom stereocenters. The van der Waals surface area contributed by atoms with Crippen molar-refractivity contribution in [1.29, 1.82) is 0 Å². The van der Waals surface area contributed by atoms with Crippen LogP contribution in [-0.2, 0) is 0 Å². The Bertz CT molecular complexity index is 796. The molecule has 7 heteroatoms. The van der Waals surface area contributed by atoms with Crippen molar-refractivity contribution in [2.24, 2.45) is 0 Å². The number of aliphatic hydroxyl groups is 1. The molecule has 0 spiro atoms. The van der Waals surface area contributed by atoms with E-state index < -0.39 is 6.10 Å². The van der Waals surface area contributed by atoms with Crippen LogP contribution in [-0.4, -0.2) is 29.7 Å². The monoisotopic (exact) mass is 344 g/mol. The van der Waals surface area contributed by atoms with Crippen molar-refractivity contribution in [2.75, 3.05) is 13.7 Å². The fourth-order valence-corrected chi connectivity index (χ4v) is 2.91. The second kappa shape index (κ2) is 7.29. The summed E-state index contributed by atoms with van der Waals surface area (Å²) in [6.45, 7) is 0.101. The Kier molecular flexibility index (Phi) is 4.93. The van der Waals surface area contributed by atoms with Crippen LogP contribution in [0.4, 0.5) is 0 Å². The minimum Gasteiger partial charge on any atom is -0.497 e. The Hall–Kier alpha value is -2.64. The second-order valence-corrected chi connectivity index (χ2v) is 5.91. The van der Waals surface area contributed by atoms with Crippen LogP contribution in [0, 0.1) is 0 Å². The first-order valence-electron chi connectivity index (χ1n) is 7.25. The van der Waals surface area contributed by atoms with Crippen LogP contribution in [0.25, 0.3) is 10.6 Å². The van der Waals surface area contributed by atoms with Gasteiger partial charge in [-0.2, -0.15) is 0 Å². The van der Waals surface area contributed by atoms with Gasteiger partial charge in [-0.05, 0) is 23.8 Å². The second-order valence-electron chi connectivity index (χ2n) is 5.05. The molecule has 1 aromatic carbocycles. The maximum absolute atomic E-state index is 12.1. The van der Waals surface area contributed by atoms with Crippen molar-refractivity contribution in [3.05, 3.63) is 59.5 Å². The number of aliphatic hydroxyl groups excluding tert-OH is 1. The van der Waals surface area contributed by atoms with Crippen LogP contribution in [0.15, 0.2) is 52.7 Å². The van der Waals surface area contributed by atoms with Gasteiger partial charge in [0.1, 0.15) is 22.7 Å². The van der Waals surface area contributed by atoms with Gasteiger partial charge in [0.25, 0.3) is 5.91 Å². The fraction of sp³-hybridized carbons (Fsp3) is 0.176. The maximum atomic E-state index is 12.1. The zero-order chi connectivity index (χ0) is 16.9. The van der Waals surface area contributed by atoms with Crippen LogP contribution in [0.5, 0.6) is 5.75 Å². The number of nitrogens with one attached hydrogen (secondary N) is 1. The van der Waals surface area contributed by atoms with Gasteiger partial charge in [0.15, 0.2) is 0 Å². The van der Waals surface area contributed by atoms with Gasteiger partial charge in [0.05, 0.1) is 19.5 Å². The molecular weight excluding hydrogens is 328 g/mol. The molecule has 2 aromatic heterocycles. The fourth-order valence-electron chi connectivity index (χ4n) is 2.12. The Morgan fingerprint density at radius 2 is 2.17 bits per heavy atom. The van der Waals surface area contributed by atoms with E-state index in [1.165, 1.54) is 11.3 Å². The highest BCUT2D eigenvalue weighted by Crippen LogP contribution is 2.24.